The number of aryl methyl sites for hydroxylation is 2. The summed E-state index contributed by atoms with van der Waals surface area (Å²) in [5, 5.41) is 7.50. The third kappa shape index (κ3) is 2.46. The third-order valence-corrected chi connectivity index (χ3v) is 4.02. The molecule has 0 saturated carbocycles. The molecule has 0 saturated heterocycles. The van der Waals surface area contributed by atoms with E-state index >= 15 is 0 Å². The highest BCUT2D eigenvalue weighted by atomic mass is 16.1. The van der Waals surface area contributed by atoms with Gasteiger partial charge in [-0.2, -0.15) is 5.10 Å². The standard InChI is InChI=1S/C16H19N3O/c1-19-12(8-11-18-19)6-7-16(20)14-9-10-17-15-5-3-2-4-13(14)15/h2-5,8,11,14,17H,6-7,9-10H2,1H3. The van der Waals surface area contributed by atoms with Gasteiger partial charge >= 0.3 is 0 Å². The Morgan fingerprint density at radius 1 is 1.40 bits per heavy atom. The number of carbonyl (C=O) groups is 1. The number of Topliss-reactive ketones (excluding diaryl/α,β-unsaturated/α-hetero) is 1. The van der Waals surface area contributed by atoms with Gasteiger partial charge in [0, 0.05) is 43.5 Å². The molecule has 2 heterocycles. The Hall–Kier alpha value is -2.10. The van der Waals surface area contributed by atoms with E-state index in [9.17, 15) is 4.79 Å². The molecule has 1 N–H and O–H groups in total. The van der Waals surface area contributed by atoms with Crippen LogP contribution in [0, 0.1) is 0 Å². The van der Waals surface area contributed by atoms with E-state index in [1.165, 1.54) is 0 Å². The molecule has 0 amide bonds. The van der Waals surface area contributed by atoms with Gasteiger partial charge in [0.1, 0.15) is 5.78 Å². The van der Waals surface area contributed by atoms with Crippen molar-refractivity contribution in [3.8, 4) is 0 Å². The number of carbonyl (C=O) groups excluding carboxylic acids is 1. The van der Waals surface area contributed by atoms with Crippen LogP contribution >= 0.6 is 0 Å². The molecule has 0 radical (unpaired) electrons. The number of hydrogen-bond acceptors (Lipinski definition) is 3. The second-order valence-electron chi connectivity index (χ2n) is 5.27. The predicted molar refractivity (Wildman–Crippen MR) is 78.8 cm³/mol. The first kappa shape index (κ1) is 12.9. The van der Waals surface area contributed by atoms with Crippen LogP contribution in [0.2, 0.25) is 0 Å². The molecule has 1 aliphatic heterocycles. The van der Waals surface area contributed by atoms with Gasteiger partial charge in [-0.25, -0.2) is 0 Å². The van der Waals surface area contributed by atoms with Gasteiger partial charge in [-0.1, -0.05) is 18.2 Å². The third-order valence-electron chi connectivity index (χ3n) is 4.02. The van der Waals surface area contributed by atoms with Crippen LogP contribution in [0.3, 0.4) is 0 Å². The molecule has 104 valence electrons. The summed E-state index contributed by atoms with van der Waals surface area (Å²) < 4.78 is 1.84. The molecule has 1 aromatic heterocycles. The summed E-state index contributed by atoms with van der Waals surface area (Å²) in [6.07, 6.45) is 4.01. The molecule has 1 atom stereocenters. The molecule has 1 aliphatic rings. The van der Waals surface area contributed by atoms with Crippen LogP contribution < -0.4 is 5.32 Å². The van der Waals surface area contributed by atoms with Crippen LogP contribution in [0.15, 0.2) is 36.5 Å². The number of aromatic nitrogens is 2. The van der Waals surface area contributed by atoms with Crippen molar-refractivity contribution in [1.29, 1.82) is 0 Å². The minimum Gasteiger partial charge on any atom is -0.385 e. The van der Waals surface area contributed by atoms with Crippen molar-refractivity contribution < 1.29 is 4.79 Å². The summed E-state index contributed by atoms with van der Waals surface area (Å²) in [5.41, 5.74) is 3.37. The lowest BCUT2D eigenvalue weighted by atomic mass is 9.86. The fourth-order valence-corrected chi connectivity index (χ4v) is 2.87. The van der Waals surface area contributed by atoms with Crippen molar-refractivity contribution in [3.63, 3.8) is 0 Å². The Balaban J connectivity index is 1.71. The zero-order valence-corrected chi connectivity index (χ0v) is 11.7. The summed E-state index contributed by atoms with van der Waals surface area (Å²) in [6.45, 7) is 0.874. The molecular weight excluding hydrogens is 250 g/mol. The Morgan fingerprint density at radius 2 is 2.25 bits per heavy atom. The molecule has 0 aliphatic carbocycles. The van der Waals surface area contributed by atoms with Gasteiger partial charge in [-0.3, -0.25) is 9.48 Å². The topological polar surface area (TPSA) is 46.9 Å². The average molecular weight is 269 g/mol. The fourth-order valence-electron chi connectivity index (χ4n) is 2.87. The van der Waals surface area contributed by atoms with E-state index in [-0.39, 0.29) is 5.92 Å². The molecule has 1 aromatic carbocycles. The fraction of sp³-hybridized carbons (Fsp3) is 0.375. The van der Waals surface area contributed by atoms with Crippen LogP contribution in [0.4, 0.5) is 5.69 Å². The van der Waals surface area contributed by atoms with Crippen molar-refractivity contribution in [3.05, 3.63) is 47.8 Å². The summed E-state index contributed by atoms with van der Waals surface area (Å²) in [4.78, 5) is 12.5. The van der Waals surface area contributed by atoms with Crippen molar-refractivity contribution in [2.75, 3.05) is 11.9 Å². The molecule has 1 unspecified atom stereocenters. The van der Waals surface area contributed by atoms with E-state index in [1.54, 1.807) is 6.20 Å². The normalized spacial score (nSPS) is 17.4. The van der Waals surface area contributed by atoms with E-state index in [2.05, 4.69) is 22.5 Å². The van der Waals surface area contributed by atoms with Crippen molar-refractivity contribution >= 4 is 11.5 Å². The minimum absolute atomic E-state index is 0.0423. The Labute approximate surface area is 118 Å². The zero-order chi connectivity index (χ0) is 13.9. The van der Waals surface area contributed by atoms with Crippen molar-refractivity contribution in [1.82, 2.24) is 9.78 Å². The summed E-state index contributed by atoms with van der Waals surface area (Å²) in [5.74, 6) is 0.376. The molecular formula is C16H19N3O. The highest BCUT2D eigenvalue weighted by molar-refractivity contribution is 5.88. The number of hydrogen-bond donors (Lipinski definition) is 1. The van der Waals surface area contributed by atoms with Crippen LogP contribution in [-0.4, -0.2) is 22.1 Å². The Kier molecular flexibility index (Phi) is 3.54. The molecule has 20 heavy (non-hydrogen) atoms. The lowest BCUT2D eigenvalue weighted by molar-refractivity contribution is -0.120. The van der Waals surface area contributed by atoms with Gasteiger partial charge in [-0.15, -0.1) is 0 Å². The molecule has 4 heteroatoms. The molecule has 4 nitrogen and oxygen atoms in total. The maximum Gasteiger partial charge on any atom is 0.140 e. The van der Waals surface area contributed by atoms with Crippen molar-refractivity contribution in [2.45, 2.75) is 25.2 Å². The number of benzene rings is 1. The molecule has 0 fully saturated rings. The molecule has 3 rings (SSSR count). The Morgan fingerprint density at radius 3 is 3.05 bits per heavy atom. The minimum atomic E-state index is 0.0423. The van der Waals surface area contributed by atoms with E-state index in [0.717, 1.165) is 36.3 Å². The summed E-state index contributed by atoms with van der Waals surface area (Å²) in [6, 6.07) is 10.1. The van der Waals surface area contributed by atoms with E-state index < -0.39 is 0 Å². The van der Waals surface area contributed by atoms with Gasteiger partial charge in [0.2, 0.25) is 0 Å². The van der Waals surface area contributed by atoms with Crippen LogP contribution in [0.1, 0.15) is 30.0 Å². The second-order valence-corrected chi connectivity index (χ2v) is 5.27. The van der Waals surface area contributed by atoms with Gasteiger partial charge in [-0.05, 0) is 30.5 Å². The number of fused-ring (bicyclic) bond motifs is 1. The van der Waals surface area contributed by atoms with Crippen LogP contribution in [0.5, 0.6) is 0 Å². The van der Waals surface area contributed by atoms with Gasteiger partial charge < -0.3 is 5.32 Å². The van der Waals surface area contributed by atoms with E-state index in [0.29, 0.717) is 12.2 Å². The SMILES string of the molecule is Cn1nccc1CCC(=O)C1CCNc2ccccc21. The zero-order valence-electron chi connectivity index (χ0n) is 11.7. The number of anilines is 1. The first-order valence-electron chi connectivity index (χ1n) is 7.08. The van der Waals surface area contributed by atoms with Gasteiger partial charge in [0.15, 0.2) is 0 Å². The smallest absolute Gasteiger partial charge is 0.140 e. The number of nitrogens with one attached hydrogen (secondary N) is 1. The number of rotatable bonds is 4. The predicted octanol–water partition coefficient (Wildman–Crippen LogP) is 2.52. The van der Waals surface area contributed by atoms with E-state index in [4.69, 9.17) is 0 Å². The van der Waals surface area contributed by atoms with Gasteiger partial charge in [0.25, 0.3) is 0 Å². The summed E-state index contributed by atoms with van der Waals surface area (Å²) in [7, 11) is 1.92. The van der Waals surface area contributed by atoms with Crippen molar-refractivity contribution in [2.24, 2.45) is 7.05 Å². The first-order chi connectivity index (χ1) is 9.75. The van der Waals surface area contributed by atoms with Gasteiger partial charge in [0.05, 0.1) is 0 Å². The highest BCUT2D eigenvalue weighted by Gasteiger charge is 2.25. The molecule has 2 aromatic rings. The summed E-state index contributed by atoms with van der Waals surface area (Å²) >= 11 is 0. The molecule has 0 bridgehead atoms. The van der Waals surface area contributed by atoms with Crippen LogP contribution in [0.25, 0.3) is 0 Å². The average Bonchev–Trinajstić information content (AvgIpc) is 2.89. The maximum atomic E-state index is 12.5. The highest BCUT2D eigenvalue weighted by Crippen LogP contribution is 2.32. The maximum absolute atomic E-state index is 12.5. The second kappa shape index (κ2) is 5.49. The lowest BCUT2D eigenvalue weighted by Crippen LogP contribution is -2.23. The molecule has 0 spiro atoms. The van der Waals surface area contributed by atoms with E-state index in [1.807, 2.05) is 29.9 Å². The first-order valence-corrected chi connectivity index (χ1v) is 7.08. The quantitative estimate of drug-likeness (QED) is 0.927. The lowest BCUT2D eigenvalue weighted by Gasteiger charge is -2.25. The largest absolute Gasteiger partial charge is 0.385 e. The number of nitrogens with zero attached hydrogens (tertiary/aromatic N) is 2. The Bertz CT molecular complexity index is 618. The monoisotopic (exact) mass is 269 g/mol. The number of ketones is 1. The number of para-hydroxylation sites is 1. The van der Waals surface area contributed by atoms with Crippen LogP contribution in [-0.2, 0) is 18.3 Å².